The highest BCUT2D eigenvalue weighted by Crippen LogP contribution is 2.31. The second-order valence-corrected chi connectivity index (χ2v) is 5.19. The van der Waals surface area contributed by atoms with E-state index in [1.807, 2.05) is 45.2 Å². The first-order valence-electron chi connectivity index (χ1n) is 6.97. The van der Waals surface area contributed by atoms with Crippen molar-refractivity contribution in [2.24, 2.45) is 0 Å². The van der Waals surface area contributed by atoms with Gasteiger partial charge in [-0.2, -0.15) is 0 Å². The van der Waals surface area contributed by atoms with Crippen molar-refractivity contribution in [3.63, 3.8) is 0 Å². The fraction of sp³-hybridized carbons (Fsp3) is 0.375. The van der Waals surface area contributed by atoms with Gasteiger partial charge in [0.05, 0.1) is 17.5 Å². The van der Waals surface area contributed by atoms with Crippen LogP contribution in [0.1, 0.15) is 24.2 Å². The molecule has 1 aliphatic carbocycles. The summed E-state index contributed by atoms with van der Waals surface area (Å²) in [6.45, 7) is 3.95. The number of nitrogens with zero attached hydrogens (tertiary/aromatic N) is 2. The summed E-state index contributed by atoms with van der Waals surface area (Å²) in [6.07, 6.45) is 2.73. The van der Waals surface area contributed by atoms with Crippen molar-refractivity contribution in [1.29, 1.82) is 0 Å². The number of anilines is 1. The molecule has 0 amide bonds. The molecule has 1 N–H and O–H groups in total. The van der Waals surface area contributed by atoms with Crippen LogP contribution in [0.3, 0.4) is 0 Å². The van der Waals surface area contributed by atoms with E-state index in [0.717, 1.165) is 47.1 Å². The normalized spacial score (nSPS) is 14.2. The van der Waals surface area contributed by atoms with Gasteiger partial charge in [0.25, 0.3) is 0 Å². The lowest BCUT2D eigenvalue weighted by Crippen LogP contribution is -2.03. The predicted molar refractivity (Wildman–Crippen MR) is 80.1 cm³/mol. The predicted octanol–water partition coefficient (Wildman–Crippen LogP) is 3.34. The maximum absolute atomic E-state index is 5.85. The van der Waals surface area contributed by atoms with Crippen LogP contribution in [-0.4, -0.2) is 23.1 Å². The second kappa shape index (κ2) is 5.12. The minimum atomic E-state index is 0.403. The van der Waals surface area contributed by atoms with Gasteiger partial charge in [0.1, 0.15) is 11.4 Å². The molecule has 3 rings (SSSR count). The highest BCUT2D eigenvalue weighted by Gasteiger charge is 2.23. The molecule has 0 radical (unpaired) electrons. The number of aryl methyl sites for hydroxylation is 2. The van der Waals surface area contributed by atoms with Gasteiger partial charge in [-0.25, -0.2) is 9.97 Å². The lowest BCUT2D eigenvalue weighted by atomic mass is 10.1. The Labute approximate surface area is 119 Å². The number of rotatable bonds is 4. The highest BCUT2D eigenvalue weighted by atomic mass is 16.5. The monoisotopic (exact) mass is 269 g/mol. The summed E-state index contributed by atoms with van der Waals surface area (Å²) in [7, 11) is 1.87. The van der Waals surface area contributed by atoms with Crippen molar-refractivity contribution in [1.82, 2.24) is 9.97 Å². The summed E-state index contributed by atoms with van der Waals surface area (Å²) in [6, 6.07) is 8.08. The molecule has 0 spiro atoms. The van der Waals surface area contributed by atoms with Crippen molar-refractivity contribution >= 4 is 5.82 Å². The van der Waals surface area contributed by atoms with Crippen molar-refractivity contribution in [3.8, 4) is 17.0 Å². The largest absolute Gasteiger partial charge is 0.490 e. The number of benzene rings is 1. The molecule has 1 heterocycles. The molecule has 1 fully saturated rings. The van der Waals surface area contributed by atoms with E-state index in [4.69, 9.17) is 4.74 Å². The van der Waals surface area contributed by atoms with Crippen LogP contribution < -0.4 is 10.1 Å². The van der Waals surface area contributed by atoms with Crippen LogP contribution >= 0.6 is 0 Å². The topological polar surface area (TPSA) is 47.0 Å². The third-order valence-electron chi connectivity index (χ3n) is 3.48. The fourth-order valence-electron chi connectivity index (χ4n) is 2.07. The van der Waals surface area contributed by atoms with E-state index in [2.05, 4.69) is 15.3 Å². The molecule has 0 unspecified atom stereocenters. The Bertz CT molecular complexity index is 636. The zero-order valence-corrected chi connectivity index (χ0v) is 12.1. The van der Waals surface area contributed by atoms with E-state index in [9.17, 15) is 0 Å². The number of nitrogens with one attached hydrogen (secondary N) is 1. The number of hydrogen-bond donors (Lipinski definition) is 1. The van der Waals surface area contributed by atoms with E-state index in [1.54, 1.807) is 0 Å². The molecule has 4 nitrogen and oxygen atoms in total. The van der Waals surface area contributed by atoms with Crippen LogP contribution in [0, 0.1) is 13.8 Å². The SMILES string of the molecule is CNc1nc(C)c(C)nc1-c1cccc(OC2CC2)c1. The van der Waals surface area contributed by atoms with Gasteiger partial charge in [-0.1, -0.05) is 12.1 Å². The maximum atomic E-state index is 5.85. The summed E-state index contributed by atoms with van der Waals surface area (Å²) in [5, 5.41) is 3.12. The summed E-state index contributed by atoms with van der Waals surface area (Å²) in [4.78, 5) is 9.23. The Morgan fingerprint density at radius 1 is 1.15 bits per heavy atom. The number of ether oxygens (including phenoxy) is 1. The quantitative estimate of drug-likeness (QED) is 0.924. The minimum absolute atomic E-state index is 0.403. The first kappa shape index (κ1) is 12.9. The molecule has 1 saturated carbocycles. The second-order valence-electron chi connectivity index (χ2n) is 5.19. The maximum Gasteiger partial charge on any atom is 0.152 e. The molecule has 1 aliphatic rings. The standard InChI is InChI=1S/C16H19N3O/c1-10-11(2)19-16(17-3)15(18-10)12-5-4-6-14(9-12)20-13-7-8-13/h4-6,9,13H,7-8H2,1-3H3,(H,17,19). The number of hydrogen-bond acceptors (Lipinski definition) is 4. The van der Waals surface area contributed by atoms with E-state index in [0.29, 0.717) is 6.10 Å². The smallest absolute Gasteiger partial charge is 0.152 e. The third-order valence-corrected chi connectivity index (χ3v) is 3.48. The molecular formula is C16H19N3O. The summed E-state index contributed by atoms with van der Waals surface area (Å²) < 4.78 is 5.85. The van der Waals surface area contributed by atoms with Gasteiger partial charge in [0, 0.05) is 12.6 Å². The summed E-state index contributed by atoms with van der Waals surface area (Å²) in [5.41, 5.74) is 3.80. The van der Waals surface area contributed by atoms with Crippen LogP contribution in [0.4, 0.5) is 5.82 Å². The Hall–Kier alpha value is -2.10. The minimum Gasteiger partial charge on any atom is -0.490 e. The van der Waals surface area contributed by atoms with Crippen molar-refractivity contribution in [3.05, 3.63) is 35.7 Å². The van der Waals surface area contributed by atoms with Gasteiger partial charge in [-0.3, -0.25) is 0 Å². The molecule has 20 heavy (non-hydrogen) atoms. The number of aromatic nitrogens is 2. The van der Waals surface area contributed by atoms with Gasteiger partial charge in [0.2, 0.25) is 0 Å². The van der Waals surface area contributed by atoms with E-state index < -0.39 is 0 Å². The highest BCUT2D eigenvalue weighted by molar-refractivity contribution is 5.72. The Kier molecular flexibility index (Phi) is 3.30. The lowest BCUT2D eigenvalue weighted by Gasteiger charge is -2.12. The zero-order valence-electron chi connectivity index (χ0n) is 12.1. The molecule has 0 saturated heterocycles. The van der Waals surface area contributed by atoms with E-state index in [1.165, 1.54) is 0 Å². The Balaban J connectivity index is 2.00. The van der Waals surface area contributed by atoms with Crippen LogP contribution in [-0.2, 0) is 0 Å². The van der Waals surface area contributed by atoms with Gasteiger partial charge in [0.15, 0.2) is 5.82 Å². The van der Waals surface area contributed by atoms with E-state index in [-0.39, 0.29) is 0 Å². The first-order valence-corrected chi connectivity index (χ1v) is 6.97. The molecule has 0 bridgehead atoms. The van der Waals surface area contributed by atoms with Gasteiger partial charge >= 0.3 is 0 Å². The molecule has 104 valence electrons. The summed E-state index contributed by atoms with van der Waals surface area (Å²) >= 11 is 0. The molecule has 0 atom stereocenters. The van der Waals surface area contributed by atoms with Crippen molar-refractivity contribution < 1.29 is 4.74 Å². The molecule has 4 heteroatoms. The molecule has 0 aliphatic heterocycles. The lowest BCUT2D eigenvalue weighted by molar-refractivity contribution is 0.303. The van der Waals surface area contributed by atoms with Crippen molar-refractivity contribution in [2.75, 3.05) is 12.4 Å². The van der Waals surface area contributed by atoms with Gasteiger partial charge in [-0.05, 0) is 38.8 Å². The average Bonchev–Trinajstić information content (AvgIpc) is 3.25. The molecular weight excluding hydrogens is 250 g/mol. The van der Waals surface area contributed by atoms with E-state index >= 15 is 0 Å². The third kappa shape index (κ3) is 2.59. The van der Waals surface area contributed by atoms with Crippen LogP contribution in [0.25, 0.3) is 11.3 Å². The average molecular weight is 269 g/mol. The van der Waals surface area contributed by atoms with Crippen LogP contribution in [0.15, 0.2) is 24.3 Å². The summed E-state index contributed by atoms with van der Waals surface area (Å²) in [5.74, 6) is 1.71. The Morgan fingerprint density at radius 2 is 1.90 bits per heavy atom. The molecule has 1 aromatic heterocycles. The fourth-order valence-corrected chi connectivity index (χ4v) is 2.07. The van der Waals surface area contributed by atoms with Gasteiger partial charge < -0.3 is 10.1 Å². The first-order chi connectivity index (χ1) is 9.67. The molecule has 1 aromatic carbocycles. The van der Waals surface area contributed by atoms with Crippen molar-refractivity contribution in [2.45, 2.75) is 32.8 Å². The van der Waals surface area contributed by atoms with Crippen LogP contribution in [0.2, 0.25) is 0 Å². The molecule has 2 aromatic rings. The zero-order chi connectivity index (χ0) is 14.1. The Morgan fingerprint density at radius 3 is 2.60 bits per heavy atom. The van der Waals surface area contributed by atoms with Crippen LogP contribution in [0.5, 0.6) is 5.75 Å². The van der Waals surface area contributed by atoms with Gasteiger partial charge in [-0.15, -0.1) is 0 Å².